The molecule has 0 saturated carbocycles. The van der Waals surface area contributed by atoms with Crippen molar-refractivity contribution in [3.05, 3.63) is 29.8 Å². The monoisotopic (exact) mass is 354 g/mol. The van der Waals surface area contributed by atoms with Crippen LogP contribution in [0.25, 0.3) is 0 Å². The normalized spacial score (nSPS) is 16.1. The Bertz CT molecular complexity index is 672. The zero-order valence-electron chi connectivity index (χ0n) is 14.8. The van der Waals surface area contributed by atoms with E-state index in [1.54, 1.807) is 17.0 Å². The molecule has 0 N–H and O–H groups in total. The van der Waals surface area contributed by atoms with Crippen molar-refractivity contribution in [2.45, 2.75) is 26.2 Å². The summed E-state index contributed by atoms with van der Waals surface area (Å²) in [5, 5.41) is 0. The Labute approximate surface area is 144 Å². The summed E-state index contributed by atoms with van der Waals surface area (Å²) in [6.45, 7) is 8.08. The Balaban J connectivity index is 2.21. The number of morpholine rings is 1. The molecule has 0 radical (unpaired) electrons. The van der Waals surface area contributed by atoms with Gasteiger partial charge in [-0.1, -0.05) is 32.9 Å². The van der Waals surface area contributed by atoms with Crippen LogP contribution in [0.4, 0.5) is 5.69 Å². The Kier molecular flexibility index (Phi) is 5.55. The highest BCUT2D eigenvalue weighted by Gasteiger charge is 2.25. The third kappa shape index (κ3) is 4.70. The lowest BCUT2D eigenvalue weighted by atomic mass is 9.87. The highest BCUT2D eigenvalue weighted by molar-refractivity contribution is 7.92. The molecule has 0 atom stereocenters. The van der Waals surface area contributed by atoms with Crippen LogP contribution in [0.15, 0.2) is 24.3 Å². The van der Waals surface area contributed by atoms with Crippen molar-refractivity contribution in [1.82, 2.24) is 4.90 Å². The predicted molar refractivity (Wildman–Crippen MR) is 94.7 cm³/mol. The maximum atomic E-state index is 12.4. The van der Waals surface area contributed by atoms with E-state index < -0.39 is 10.0 Å². The molecule has 1 saturated heterocycles. The molecular weight excluding hydrogens is 328 g/mol. The Morgan fingerprint density at radius 1 is 1.17 bits per heavy atom. The average Bonchev–Trinajstić information content (AvgIpc) is 2.51. The number of carbonyl (C=O) groups is 1. The van der Waals surface area contributed by atoms with Crippen LogP contribution in [0.2, 0.25) is 0 Å². The van der Waals surface area contributed by atoms with E-state index in [9.17, 15) is 13.2 Å². The predicted octanol–water partition coefficient (Wildman–Crippen LogP) is 1.61. The molecule has 7 heteroatoms. The van der Waals surface area contributed by atoms with Crippen LogP contribution in [0, 0.1) is 0 Å². The SMILES string of the molecule is CC(C)(C)c1ccc(N(CC(=O)N2CCOCC2)S(C)(=O)=O)cc1. The summed E-state index contributed by atoms with van der Waals surface area (Å²) in [5.74, 6) is -0.205. The van der Waals surface area contributed by atoms with Crippen molar-refractivity contribution in [3.63, 3.8) is 0 Å². The van der Waals surface area contributed by atoms with Crippen molar-refractivity contribution < 1.29 is 17.9 Å². The standard InChI is InChI=1S/C17H26N2O4S/c1-17(2,3)14-5-7-15(8-6-14)19(24(4,21)22)13-16(20)18-9-11-23-12-10-18/h5-8H,9-13H2,1-4H3. The first kappa shape index (κ1) is 18.7. The van der Waals surface area contributed by atoms with Gasteiger partial charge >= 0.3 is 0 Å². The second-order valence-electron chi connectivity index (χ2n) is 7.06. The van der Waals surface area contributed by atoms with Crippen molar-refractivity contribution in [2.24, 2.45) is 0 Å². The molecule has 24 heavy (non-hydrogen) atoms. The van der Waals surface area contributed by atoms with E-state index >= 15 is 0 Å². The van der Waals surface area contributed by atoms with Gasteiger partial charge in [0.15, 0.2) is 0 Å². The second-order valence-corrected chi connectivity index (χ2v) is 8.97. The van der Waals surface area contributed by atoms with Crippen LogP contribution < -0.4 is 4.31 Å². The minimum absolute atomic E-state index is 0.0158. The van der Waals surface area contributed by atoms with Gasteiger partial charge in [0.2, 0.25) is 15.9 Å². The third-order valence-corrected chi connectivity index (χ3v) is 5.20. The molecule has 1 aromatic carbocycles. The number of nitrogens with zero attached hydrogens (tertiary/aromatic N) is 2. The zero-order chi connectivity index (χ0) is 18.0. The summed E-state index contributed by atoms with van der Waals surface area (Å²) in [4.78, 5) is 14.1. The van der Waals surface area contributed by atoms with Crippen molar-refractivity contribution in [2.75, 3.05) is 43.4 Å². The maximum absolute atomic E-state index is 12.4. The lowest BCUT2D eigenvalue weighted by molar-refractivity contribution is -0.133. The highest BCUT2D eigenvalue weighted by Crippen LogP contribution is 2.26. The van der Waals surface area contributed by atoms with Gasteiger partial charge in [-0.15, -0.1) is 0 Å². The van der Waals surface area contributed by atoms with Crippen LogP contribution in [-0.4, -0.2) is 58.3 Å². The van der Waals surface area contributed by atoms with Gasteiger partial charge in [0.25, 0.3) is 0 Å². The Morgan fingerprint density at radius 2 is 1.71 bits per heavy atom. The largest absolute Gasteiger partial charge is 0.378 e. The van der Waals surface area contributed by atoms with Gasteiger partial charge < -0.3 is 9.64 Å². The number of sulfonamides is 1. The molecule has 0 aromatic heterocycles. The van der Waals surface area contributed by atoms with Crippen molar-refractivity contribution in [1.29, 1.82) is 0 Å². The fourth-order valence-corrected chi connectivity index (χ4v) is 3.41. The lowest BCUT2D eigenvalue weighted by Crippen LogP contribution is -2.47. The van der Waals surface area contributed by atoms with Gasteiger partial charge in [0.05, 0.1) is 25.2 Å². The quantitative estimate of drug-likeness (QED) is 0.824. The summed E-state index contributed by atoms with van der Waals surface area (Å²) in [6.07, 6.45) is 1.12. The van der Waals surface area contributed by atoms with Crippen LogP contribution in [0.1, 0.15) is 26.3 Å². The van der Waals surface area contributed by atoms with Crippen LogP contribution in [0.5, 0.6) is 0 Å². The summed E-state index contributed by atoms with van der Waals surface area (Å²) in [5.41, 5.74) is 1.60. The first-order chi connectivity index (χ1) is 11.1. The summed E-state index contributed by atoms with van der Waals surface area (Å²) in [7, 11) is -3.55. The van der Waals surface area contributed by atoms with Gasteiger partial charge in [0.1, 0.15) is 6.54 Å². The van der Waals surface area contributed by atoms with Gasteiger partial charge in [-0.25, -0.2) is 8.42 Å². The smallest absolute Gasteiger partial charge is 0.243 e. The number of benzene rings is 1. The summed E-state index contributed by atoms with van der Waals surface area (Å²) in [6, 6.07) is 7.34. The summed E-state index contributed by atoms with van der Waals surface area (Å²) >= 11 is 0. The molecule has 134 valence electrons. The van der Waals surface area contributed by atoms with E-state index in [-0.39, 0.29) is 17.9 Å². The fraction of sp³-hybridized carbons (Fsp3) is 0.588. The van der Waals surface area contributed by atoms with Crippen molar-refractivity contribution >= 4 is 21.6 Å². The average molecular weight is 354 g/mol. The number of ether oxygens (including phenoxy) is 1. The van der Waals surface area contributed by atoms with Crippen LogP contribution >= 0.6 is 0 Å². The molecule has 0 spiro atoms. The summed E-state index contributed by atoms with van der Waals surface area (Å²) < 4.78 is 30.7. The second kappa shape index (κ2) is 7.11. The molecule has 6 nitrogen and oxygen atoms in total. The topological polar surface area (TPSA) is 66.9 Å². The van der Waals surface area contributed by atoms with E-state index in [4.69, 9.17) is 4.74 Å². The molecule has 1 aliphatic heterocycles. The first-order valence-electron chi connectivity index (χ1n) is 8.03. The molecule has 1 aromatic rings. The van der Waals surface area contributed by atoms with Gasteiger partial charge in [-0.3, -0.25) is 9.10 Å². The van der Waals surface area contributed by atoms with Gasteiger partial charge in [-0.05, 0) is 23.1 Å². The molecule has 1 heterocycles. The van der Waals surface area contributed by atoms with Crippen LogP contribution in [-0.2, 0) is 25.0 Å². The third-order valence-electron chi connectivity index (χ3n) is 4.06. The van der Waals surface area contributed by atoms with E-state index in [0.29, 0.717) is 32.0 Å². The molecule has 1 amide bonds. The Morgan fingerprint density at radius 3 is 2.17 bits per heavy atom. The molecule has 0 unspecified atom stereocenters. The molecule has 2 rings (SSSR count). The Hall–Kier alpha value is -1.60. The number of rotatable bonds is 4. The molecule has 0 aliphatic carbocycles. The number of hydrogen-bond donors (Lipinski definition) is 0. The van der Waals surface area contributed by atoms with Crippen molar-refractivity contribution in [3.8, 4) is 0 Å². The fourth-order valence-electron chi connectivity index (χ4n) is 2.56. The van der Waals surface area contributed by atoms with Crippen LogP contribution in [0.3, 0.4) is 0 Å². The molecule has 1 fully saturated rings. The lowest BCUT2D eigenvalue weighted by Gasteiger charge is -2.30. The van der Waals surface area contributed by atoms with Gasteiger partial charge in [-0.2, -0.15) is 0 Å². The minimum Gasteiger partial charge on any atom is -0.378 e. The maximum Gasteiger partial charge on any atom is 0.243 e. The highest BCUT2D eigenvalue weighted by atomic mass is 32.2. The zero-order valence-corrected chi connectivity index (χ0v) is 15.6. The first-order valence-corrected chi connectivity index (χ1v) is 9.87. The number of anilines is 1. The van der Waals surface area contributed by atoms with Gasteiger partial charge in [0, 0.05) is 13.1 Å². The van der Waals surface area contributed by atoms with E-state index in [2.05, 4.69) is 20.8 Å². The number of amides is 1. The van der Waals surface area contributed by atoms with E-state index in [1.807, 2.05) is 12.1 Å². The van der Waals surface area contributed by atoms with E-state index in [1.165, 1.54) is 0 Å². The van der Waals surface area contributed by atoms with E-state index in [0.717, 1.165) is 16.1 Å². The minimum atomic E-state index is -3.55. The number of carbonyl (C=O) groups excluding carboxylic acids is 1. The molecule has 1 aliphatic rings. The number of hydrogen-bond acceptors (Lipinski definition) is 4. The molecular formula is C17H26N2O4S. The molecule has 0 bridgehead atoms.